The number of aryl methyl sites for hydroxylation is 2. The third-order valence-electron chi connectivity index (χ3n) is 5.10. The van der Waals surface area contributed by atoms with Crippen LogP contribution in [0.4, 0.5) is 5.69 Å². The molecule has 0 unspecified atom stereocenters. The smallest absolute Gasteiger partial charge is 0.259 e. The standard InChI is InChI=1S/C23H21N5O4/c1-3-21-25-22(27-32-21)15-4-7-17(8-5-15)28-13-18(14(2)26-28)23(29)24-16-6-9-19-20(12-16)31-11-10-30-19/h4-9,12-13H,3,10-11H2,1-2H3,(H,24,29). The average molecular weight is 431 g/mol. The van der Waals surface area contributed by atoms with Gasteiger partial charge in [-0.05, 0) is 43.3 Å². The fourth-order valence-corrected chi connectivity index (χ4v) is 3.41. The van der Waals surface area contributed by atoms with E-state index in [9.17, 15) is 4.79 Å². The second-order valence-electron chi connectivity index (χ2n) is 7.30. The van der Waals surface area contributed by atoms with Crippen molar-refractivity contribution in [1.29, 1.82) is 0 Å². The summed E-state index contributed by atoms with van der Waals surface area (Å²) in [5, 5.41) is 11.4. The molecular weight excluding hydrogens is 410 g/mol. The van der Waals surface area contributed by atoms with E-state index in [1.807, 2.05) is 31.2 Å². The molecule has 3 heterocycles. The summed E-state index contributed by atoms with van der Waals surface area (Å²) in [6.07, 6.45) is 2.40. The summed E-state index contributed by atoms with van der Waals surface area (Å²) in [4.78, 5) is 17.2. The fourth-order valence-electron chi connectivity index (χ4n) is 3.41. The van der Waals surface area contributed by atoms with Gasteiger partial charge in [-0.15, -0.1) is 0 Å². The number of rotatable bonds is 5. The van der Waals surface area contributed by atoms with E-state index < -0.39 is 0 Å². The molecule has 162 valence electrons. The first-order chi connectivity index (χ1) is 15.6. The first kappa shape index (κ1) is 19.8. The Balaban J connectivity index is 1.33. The number of ether oxygens (including phenoxy) is 2. The third-order valence-corrected chi connectivity index (χ3v) is 5.10. The van der Waals surface area contributed by atoms with E-state index in [0.29, 0.717) is 59.8 Å². The molecule has 2 aromatic heterocycles. The number of nitrogens with zero attached hydrogens (tertiary/aromatic N) is 4. The Morgan fingerprint density at radius 1 is 1.09 bits per heavy atom. The van der Waals surface area contributed by atoms with E-state index >= 15 is 0 Å². The SMILES string of the molecule is CCc1nc(-c2ccc(-n3cc(C(=O)Nc4ccc5c(c4)OCCO5)c(C)n3)cc2)no1. The van der Waals surface area contributed by atoms with Crippen molar-refractivity contribution in [3.63, 3.8) is 0 Å². The lowest BCUT2D eigenvalue weighted by molar-refractivity contribution is 0.102. The third kappa shape index (κ3) is 3.80. The number of benzene rings is 2. The van der Waals surface area contributed by atoms with Crippen LogP contribution in [0, 0.1) is 6.92 Å². The number of amides is 1. The quantitative estimate of drug-likeness (QED) is 0.512. The normalized spacial score (nSPS) is 12.6. The minimum absolute atomic E-state index is 0.249. The average Bonchev–Trinajstić information content (AvgIpc) is 3.46. The Morgan fingerprint density at radius 3 is 2.62 bits per heavy atom. The molecule has 5 rings (SSSR count). The summed E-state index contributed by atoms with van der Waals surface area (Å²) in [5.41, 5.74) is 3.39. The maximum atomic E-state index is 12.9. The Kier molecular flexibility index (Phi) is 5.06. The Labute approximate surface area is 184 Å². The predicted octanol–water partition coefficient (Wildman–Crippen LogP) is 3.82. The van der Waals surface area contributed by atoms with Gasteiger partial charge in [-0.3, -0.25) is 4.79 Å². The molecular formula is C23H21N5O4. The van der Waals surface area contributed by atoms with Crippen molar-refractivity contribution in [3.05, 3.63) is 65.8 Å². The molecule has 0 bridgehead atoms. The number of hydrogen-bond donors (Lipinski definition) is 1. The van der Waals surface area contributed by atoms with E-state index in [1.165, 1.54) is 0 Å². The first-order valence-corrected chi connectivity index (χ1v) is 10.3. The number of aromatic nitrogens is 4. The molecule has 0 spiro atoms. The summed E-state index contributed by atoms with van der Waals surface area (Å²) in [7, 11) is 0. The zero-order chi connectivity index (χ0) is 22.1. The summed E-state index contributed by atoms with van der Waals surface area (Å²) in [6, 6.07) is 12.9. The minimum Gasteiger partial charge on any atom is -0.486 e. The van der Waals surface area contributed by atoms with Crippen molar-refractivity contribution >= 4 is 11.6 Å². The zero-order valence-electron chi connectivity index (χ0n) is 17.7. The van der Waals surface area contributed by atoms with Crippen LogP contribution in [0.15, 0.2) is 53.2 Å². The molecule has 0 aliphatic carbocycles. The van der Waals surface area contributed by atoms with Gasteiger partial charge in [0.1, 0.15) is 13.2 Å². The van der Waals surface area contributed by atoms with Crippen LogP contribution in [0.3, 0.4) is 0 Å². The second kappa shape index (κ2) is 8.18. The van der Waals surface area contributed by atoms with E-state index in [0.717, 1.165) is 11.3 Å². The molecule has 0 fully saturated rings. The molecule has 1 N–H and O–H groups in total. The molecule has 0 radical (unpaired) electrons. The van der Waals surface area contributed by atoms with Crippen LogP contribution in [0.1, 0.15) is 28.9 Å². The van der Waals surface area contributed by atoms with Gasteiger partial charge >= 0.3 is 0 Å². The van der Waals surface area contributed by atoms with Gasteiger partial charge in [0, 0.05) is 29.9 Å². The van der Waals surface area contributed by atoms with Crippen LogP contribution in [0.2, 0.25) is 0 Å². The molecule has 4 aromatic rings. The summed E-state index contributed by atoms with van der Waals surface area (Å²) in [6.45, 7) is 4.77. The molecule has 1 amide bonds. The van der Waals surface area contributed by atoms with Crippen LogP contribution >= 0.6 is 0 Å². The van der Waals surface area contributed by atoms with Crippen LogP contribution < -0.4 is 14.8 Å². The lowest BCUT2D eigenvalue weighted by atomic mass is 10.2. The number of anilines is 1. The second-order valence-corrected chi connectivity index (χ2v) is 7.30. The van der Waals surface area contributed by atoms with Crippen LogP contribution in [-0.4, -0.2) is 39.0 Å². The van der Waals surface area contributed by atoms with E-state index in [2.05, 4.69) is 20.6 Å². The van der Waals surface area contributed by atoms with Crippen molar-refractivity contribution in [3.8, 4) is 28.6 Å². The molecule has 0 atom stereocenters. The van der Waals surface area contributed by atoms with E-state index in [1.54, 1.807) is 36.0 Å². The zero-order valence-corrected chi connectivity index (χ0v) is 17.7. The number of fused-ring (bicyclic) bond motifs is 1. The summed E-state index contributed by atoms with van der Waals surface area (Å²) >= 11 is 0. The highest BCUT2D eigenvalue weighted by Gasteiger charge is 2.17. The van der Waals surface area contributed by atoms with Gasteiger partial charge in [0.25, 0.3) is 5.91 Å². The topological polar surface area (TPSA) is 104 Å². The highest BCUT2D eigenvalue weighted by Crippen LogP contribution is 2.32. The molecule has 32 heavy (non-hydrogen) atoms. The van der Waals surface area contributed by atoms with Crippen LogP contribution in [0.25, 0.3) is 17.1 Å². The van der Waals surface area contributed by atoms with Crippen molar-refractivity contribution in [2.24, 2.45) is 0 Å². The van der Waals surface area contributed by atoms with Gasteiger partial charge in [0.15, 0.2) is 11.5 Å². The fraction of sp³-hybridized carbons (Fsp3) is 0.217. The van der Waals surface area contributed by atoms with Crippen molar-refractivity contribution in [2.75, 3.05) is 18.5 Å². The lowest BCUT2D eigenvalue weighted by Crippen LogP contribution is -2.16. The monoisotopic (exact) mass is 431 g/mol. The van der Waals surface area contributed by atoms with Gasteiger partial charge in [-0.25, -0.2) is 4.68 Å². The van der Waals surface area contributed by atoms with Crippen molar-refractivity contribution in [1.82, 2.24) is 19.9 Å². The number of nitrogens with one attached hydrogen (secondary N) is 1. The highest BCUT2D eigenvalue weighted by molar-refractivity contribution is 6.05. The predicted molar refractivity (Wildman–Crippen MR) is 116 cm³/mol. The lowest BCUT2D eigenvalue weighted by Gasteiger charge is -2.18. The van der Waals surface area contributed by atoms with Gasteiger partial charge in [-0.2, -0.15) is 10.1 Å². The van der Waals surface area contributed by atoms with Gasteiger partial charge in [0.05, 0.1) is 16.9 Å². The maximum absolute atomic E-state index is 12.9. The number of carbonyl (C=O) groups is 1. The molecule has 9 heteroatoms. The van der Waals surface area contributed by atoms with Crippen LogP contribution in [-0.2, 0) is 6.42 Å². The molecule has 1 aliphatic heterocycles. The van der Waals surface area contributed by atoms with Gasteiger partial charge in [-0.1, -0.05) is 12.1 Å². The van der Waals surface area contributed by atoms with Crippen molar-refractivity contribution in [2.45, 2.75) is 20.3 Å². The van der Waals surface area contributed by atoms with E-state index in [-0.39, 0.29) is 5.91 Å². The van der Waals surface area contributed by atoms with Gasteiger partial charge < -0.3 is 19.3 Å². The Morgan fingerprint density at radius 2 is 1.88 bits per heavy atom. The first-order valence-electron chi connectivity index (χ1n) is 10.3. The number of hydrogen-bond acceptors (Lipinski definition) is 7. The highest BCUT2D eigenvalue weighted by atomic mass is 16.6. The Hall–Kier alpha value is -4.14. The minimum atomic E-state index is -0.249. The molecule has 0 saturated carbocycles. The largest absolute Gasteiger partial charge is 0.486 e. The molecule has 9 nitrogen and oxygen atoms in total. The molecule has 0 saturated heterocycles. The van der Waals surface area contributed by atoms with E-state index in [4.69, 9.17) is 14.0 Å². The molecule has 2 aromatic carbocycles. The summed E-state index contributed by atoms with van der Waals surface area (Å²) in [5.74, 6) is 2.19. The maximum Gasteiger partial charge on any atom is 0.259 e. The molecule has 1 aliphatic rings. The number of carbonyl (C=O) groups excluding carboxylic acids is 1. The van der Waals surface area contributed by atoms with Gasteiger partial charge in [0.2, 0.25) is 11.7 Å². The Bertz CT molecular complexity index is 1280. The van der Waals surface area contributed by atoms with Crippen molar-refractivity contribution < 1.29 is 18.8 Å². The summed E-state index contributed by atoms with van der Waals surface area (Å²) < 4.78 is 17.9. The van der Waals surface area contributed by atoms with Crippen LogP contribution in [0.5, 0.6) is 11.5 Å².